The molecule has 1 rings (SSSR count). The number of methoxy groups -OCH3 is 1. The van der Waals surface area contributed by atoms with Crippen LogP contribution in [0.5, 0.6) is 5.75 Å². The molecule has 0 aromatic heterocycles. The number of hydrogen-bond acceptors (Lipinski definition) is 2. The fourth-order valence-electron chi connectivity index (χ4n) is 1.32. The van der Waals surface area contributed by atoms with Gasteiger partial charge in [-0.15, -0.1) is 0 Å². The summed E-state index contributed by atoms with van der Waals surface area (Å²) in [6.07, 6.45) is -0.414. The molecule has 94 valence electrons. The lowest BCUT2D eigenvalue weighted by Crippen LogP contribution is -2.05. The molecule has 5 heteroatoms. The van der Waals surface area contributed by atoms with Gasteiger partial charge in [0.15, 0.2) is 0 Å². The highest BCUT2D eigenvalue weighted by atomic mass is 19.4. The van der Waals surface area contributed by atoms with Gasteiger partial charge in [-0.05, 0) is 36.7 Å². The van der Waals surface area contributed by atoms with Gasteiger partial charge in [-0.1, -0.05) is 12.2 Å². The molecule has 0 aliphatic carbocycles. The van der Waals surface area contributed by atoms with E-state index in [0.29, 0.717) is 18.5 Å². The molecule has 1 aromatic rings. The highest BCUT2D eigenvalue weighted by Gasteiger charge is 2.31. The molecule has 0 heterocycles. The molecule has 0 saturated carbocycles. The first-order valence-corrected chi connectivity index (χ1v) is 5.10. The average Bonchev–Trinajstić information content (AvgIpc) is 2.28. The minimum absolute atomic E-state index is 0.187. The van der Waals surface area contributed by atoms with Crippen molar-refractivity contribution in [1.29, 1.82) is 0 Å². The maximum atomic E-state index is 12.6. The molecule has 0 aliphatic heterocycles. The number of nitrogens with two attached hydrogens (primary N) is 1. The lowest BCUT2D eigenvalue weighted by atomic mass is 10.1. The van der Waals surface area contributed by atoms with Crippen LogP contribution in [0.25, 0.3) is 6.08 Å². The highest BCUT2D eigenvalue weighted by Crippen LogP contribution is 2.32. The number of alkyl halides is 3. The van der Waals surface area contributed by atoms with E-state index < -0.39 is 11.7 Å². The molecule has 0 atom stereocenters. The standard InChI is InChI=1S/C12H14F3NO/c1-17-11-7-9(4-2-3-5-16)6-10(8-11)12(13,14)15/h2,4,6-8H,3,5,16H2,1H3. The zero-order valence-electron chi connectivity index (χ0n) is 9.42. The second kappa shape index (κ2) is 5.72. The van der Waals surface area contributed by atoms with Gasteiger partial charge in [-0.25, -0.2) is 0 Å². The largest absolute Gasteiger partial charge is 0.497 e. The number of ether oxygens (including phenoxy) is 1. The zero-order valence-corrected chi connectivity index (χ0v) is 9.42. The van der Waals surface area contributed by atoms with Crippen LogP contribution in [0.15, 0.2) is 24.3 Å². The Bertz CT molecular complexity index is 399. The van der Waals surface area contributed by atoms with Gasteiger partial charge in [0.25, 0.3) is 0 Å². The number of rotatable bonds is 4. The SMILES string of the molecule is COc1cc(C=CCCN)cc(C(F)(F)F)c1. The number of hydrogen-bond donors (Lipinski definition) is 1. The van der Waals surface area contributed by atoms with Crippen LogP contribution in [0.2, 0.25) is 0 Å². The van der Waals surface area contributed by atoms with E-state index in [1.807, 2.05) is 0 Å². The molecule has 0 unspecified atom stereocenters. The van der Waals surface area contributed by atoms with E-state index >= 15 is 0 Å². The molecule has 2 nitrogen and oxygen atoms in total. The fraction of sp³-hybridized carbons (Fsp3) is 0.333. The van der Waals surface area contributed by atoms with Crippen LogP contribution in [-0.4, -0.2) is 13.7 Å². The Hall–Kier alpha value is -1.49. The monoisotopic (exact) mass is 245 g/mol. The van der Waals surface area contributed by atoms with Gasteiger partial charge in [-0.2, -0.15) is 13.2 Å². The average molecular weight is 245 g/mol. The summed E-state index contributed by atoms with van der Waals surface area (Å²) in [5, 5.41) is 0. The Kier molecular flexibility index (Phi) is 4.57. The van der Waals surface area contributed by atoms with Crippen molar-refractivity contribution >= 4 is 6.08 Å². The van der Waals surface area contributed by atoms with Crippen molar-refractivity contribution < 1.29 is 17.9 Å². The van der Waals surface area contributed by atoms with E-state index in [4.69, 9.17) is 10.5 Å². The molecule has 0 saturated heterocycles. The Morgan fingerprint density at radius 1 is 1.29 bits per heavy atom. The van der Waals surface area contributed by atoms with Gasteiger partial charge in [0.05, 0.1) is 12.7 Å². The summed E-state index contributed by atoms with van der Waals surface area (Å²) in [5.41, 5.74) is 5.02. The van der Waals surface area contributed by atoms with Gasteiger partial charge in [-0.3, -0.25) is 0 Å². The lowest BCUT2D eigenvalue weighted by Gasteiger charge is -2.10. The van der Waals surface area contributed by atoms with E-state index in [9.17, 15) is 13.2 Å². The van der Waals surface area contributed by atoms with Gasteiger partial charge < -0.3 is 10.5 Å². The first kappa shape index (κ1) is 13.6. The third-order valence-electron chi connectivity index (χ3n) is 2.14. The third-order valence-corrected chi connectivity index (χ3v) is 2.14. The molecular formula is C12H14F3NO. The Labute approximate surface area is 97.9 Å². The van der Waals surface area contributed by atoms with E-state index in [2.05, 4.69) is 0 Å². The van der Waals surface area contributed by atoms with Crippen LogP contribution in [0, 0.1) is 0 Å². The van der Waals surface area contributed by atoms with Crippen LogP contribution in [-0.2, 0) is 6.18 Å². The molecule has 0 aliphatic rings. The Balaban J connectivity index is 3.06. The smallest absolute Gasteiger partial charge is 0.416 e. The van der Waals surface area contributed by atoms with E-state index in [1.165, 1.54) is 7.11 Å². The summed E-state index contributed by atoms with van der Waals surface area (Å²) >= 11 is 0. The van der Waals surface area contributed by atoms with Crippen molar-refractivity contribution in [3.05, 3.63) is 35.4 Å². The van der Waals surface area contributed by atoms with Crippen LogP contribution in [0.4, 0.5) is 13.2 Å². The summed E-state index contributed by atoms with van der Waals surface area (Å²) < 4.78 is 42.6. The van der Waals surface area contributed by atoms with Crippen molar-refractivity contribution in [2.75, 3.05) is 13.7 Å². The van der Waals surface area contributed by atoms with Crippen molar-refractivity contribution in [3.8, 4) is 5.75 Å². The van der Waals surface area contributed by atoms with E-state index in [0.717, 1.165) is 12.1 Å². The maximum absolute atomic E-state index is 12.6. The normalized spacial score (nSPS) is 12.1. The summed E-state index contributed by atoms with van der Waals surface area (Å²) in [4.78, 5) is 0. The van der Waals surface area contributed by atoms with Gasteiger partial charge >= 0.3 is 6.18 Å². The van der Waals surface area contributed by atoms with Crippen LogP contribution >= 0.6 is 0 Å². The van der Waals surface area contributed by atoms with Gasteiger partial charge in [0.2, 0.25) is 0 Å². The molecule has 0 spiro atoms. The third kappa shape index (κ3) is 4.11. The van der Waals surface area contributed by atoms with Crippen molar-refractivity contribution in [3.63, 3.8) is 0 Å². The number of benzene rings is 1. The maximum Gasteiger partial charge on any atom is 0.416 e. The second-order valence-electron chi connectivity index (χ2n) is 3.47. The predicted octanol–water partition coefficient (Wildman–Crippen LogP) is 3.08. The molecular weight excluding hydrogens is 231 g/mol. The van der Waals surface area contributed by atoms with Gasteiger partial charge in [0, 0.05) is 0 Å². The molecule has 0 bridgehead atoms. The highest BCUT2D eigenvalue weighted by molar-refractivity contribution is 5.54. The van der Waals surface area contributed by atoms with Crippen LogP contribution < -0.4 is 10.5 Å². The molecule has 2 N–H and O–H groups in total. The van der Waals surface area contributed by atoms with Crippen molar-refractivity contribution in [2.24, 2.45) is 5.73 Å². The second-order valence-corrected chi connectivity index (χ2v) is 3.47. The topological polar surface area (TPSA) is 35.2 Å². The number of halogens is 3. The molecule has 0 fully saturated rings. The van der Waals surface area contributed by atoms with Crippen molar-refractivity contribution in [2.45, 2.75) is 12.6 Å². The quantitative estimate of drug-likeness (QED) is 0.884. The summed E-state index contributed by atoms with van der Waals surface area (Å²) in [7, 11) is 1.34. The summed E-state index contributed by atoms with van der Waals surface area (Å²) in [5.74, 6) is 0.187. The Morgan fingerprint density at radius 3 is 2.53 bits per heavy atom. The van der Waals surface area contributed by atoms with Crippen LogP contribution in [0.3, 0.4) is 0 Å². The first-order valence-electron chi connectivity index (χ1n) is 5.10. The molecule has 1 aromatic carbocycles. The summed E-state index contributed by atoms with van der Waals surface area (Å²) in [6.45, 7) is 0.465. The molecule has 17 heavy (non-hydrogen) atoms. The minimum Gasteiger partial charge on any atom is -0.497 e. The van der Waals surface area contributed by atoms with Crippen molar-refractivity contribution in [1.82, 2.24) is 0 Å². The van der Waals surface area contributed by atoms with E-state index in [1.54, 1.807) is 18.2 Å². The van der Waals surface area contributed by atoms with E-state index in [-0.39, 0.29) is 5.75 Å². The minimum atomic E-state index is -4.37. The predicted molar refractivity (Wildman–Crippen MR) is 60.7 cm³/mol. The zero-order chi connectivity index (χ0) is 12.9. The lowest BCUT2D eigenvalue weighted by molar-refractivity contribution is -0.137. The fourth-order valence-corrected chi connectivity index (χ4v) is 1.32. The first-order chi connectivity index (χ1) is 7.97. The van der Waals surface area contributed by atoms with Crippen LogP contribution in [0.1, 0.15) is 17.5 Å². The molecule has 0 amide bonds. The summed E-state index contributed by atoms with van der Waals surface area (Å²) in [6, 6.07) is 3.60. The van der Waals surface area contributed by atoms with Gasteiger partial charge in [0.1, 0.15) is 5.75 Å². The molecule has 0 radical (unpaired) electrons. The Morgan fingerprint density at radius 2 is 2.00 bits per heavy atom.